The summed E-state index contributed by atoms with van der Waals surface area (Å²) >= 11 is 6.40. The highest BCUT2D eigenvalue weighted by Gasteiger charge is 2.48. The number of fused-ring (bicyclic) bond motifs is 2. The molecule has 3 fully saturated rings. The van der Waals surface area contributed by atoms with Crippen LogP contribution in [-0.2, 0) is 15.9 Å². The lowest BCUT2D eigenvalue weighted by atomic mass is 9.82. The molecule has 140 valence electrons. The molecule has 7 nitrogen and oxygen atoms in total. The van der Waals surface area contributed by atoms with E-state index in [1.165, 1.54) is 19.3 Å². The quantitative estimate of drug-likeness (QED) is 0.828. The second-order valence-electron chi connectivity index (χ2n) is 7.49. The van der Waals surface area contributed by atoms with Gasteiger partial charge in [0.2, 0.25) is 0 Å². The third-order valence-electron chi connectivity index (χ3n) is 5.74. The highest BCUT2D eigenvalue weighted by atomic mass is 35.5. The minimum atomic E-state index is -0.594. The number of H-pyrrole nitrogens is 1. The van der Waals surface area contributed by atoms with E-state index >= 15 is 0 Å². The SMILES string of the molecule is O[C@@H]1CO[C@H]2[C@@H]1OC[C@H]2Oc1nc2nc(CCC3CCC3)c(Cl)cc2[nH]1. The molecule has 0 radical (unpaired) electrons. The number of rotatable bonds is 5. The van der Waals surface area contributed by atoms with E-state index in [-0.39, 0.29) is 24.9 Å². The molecule has 0 amide bonds. The molecule has 2 aliphatic heterocycles. The minimum Gasteiger partial charge on any atom is -0.456 e. The fraction of sp³-hybridized carbons (Fsp3) is 0.667. The molecule has 1 saturated carbocycles. The molecule has 3 aliphatic rings. The van der Waals surface area contributed by atoms with Gasteiger partial charge in [-0.15, -0.1) is 0 Å². The third-order valence-corrected chi connectivity index (χ3v) is 6.06. The van der Waals surface area contributed by atoms with Crippen molar-refractivity contribution in [1.29, 1.82) is 0 Å². The summed E-state index contributed by atoms with van der Waals surface area (Å²) in [7, 11) is 0. The van der Waals surface area contributed by atoms with Crippen molar-refractivity contribution < 1.29 is 19.3 Å². The summed E-state index contributed by atoms with van der Waals surface area (Å²) in [4.78, 5) is 12.2. The lowest BCUT2D eigenvalue weighted by molar-refractivity contribution is 0.00706. The number of aromatic nitrogens is 3. The van der Waals surface area contributed by atoms with E-state index in [1.807, 2.05) is 6.07 Å². The normalized spacial score (nSPS) is 31.3. The average Bonchev–Trinajstić information content (AvgIpc) is 3.24. The van der Waals surface area contributed by atoms with E-state index < -0.39 is 6.10 Å². The fourth-order valence-corrected chi connectivity index (χ4v) is 4.22. The van der Waals surface area contributed by atoms with E-state index in [2.05, 4.69) is 15.0 Å². The van der Waals surface area contributed by atoms with E-state index in [1.54, 1.807) is 0 Å². The van der Waals surface area contributed by atoms with E-state index in [0.29, 0.717) is 23.3 Å². The van der Waals surface area contributed by atoms with Crippen LogP contribution in [0.2, 0.25) is 5.02 Å². The monoisotopic (exact) mass is 379 g/mol. The van der Waals surface area contributed by atoms with Crippen LogP contribution in [0.4, 0.5) is 0 Å². The Hall–Kier alpha value is -1.41. The molecule has 0 unspecified atom stereocenters. The molecular weight excluding hydrogens is 358 g/mol. The van der Waals surface area contributed by atoms with Crippen molar-refractivity contribution in [2.75, 3.05) is 13.2 Å². The van der Waals surface area contributed by atoms with Gasteiger partial charge >= 0.3 is 0 Å². The number of halogens is 1. The Morgan fingerprint density at radius 1 is 1.23 bits per heavy atom. The summed E-state index contributed by atoms with van der Waals surface area (Å²) < 4.78 is 17.1. The fourth-order valence-electron chi connectivity index (χ4n) is 3.97. The number of aliphatic hydroxyl groups is 1. The Kier molecular flexibility index (Phi) is 4.27. The number of nitrogens with one attached hydrogen (secondary N) is 1. The maximum atomic E-state index is 9.82. The van der Waals surface area contributed by atoms with Crippen LogP contribution >= 0.6 is 11.6 Å². The van der Waals surface area contributed by atoms with Gasteiger partial charge in [0.25, 0.3) is 6.01 Å². The molecule has 2 saturated heterocycles. The Morgan fingerprint density at radius 2 is 2.08 bits per heavy atom. The molecule has 2 aromatic heterocycles. The van der Waals surface area contributed by atoms with Crippen LogP contribution in [0.3, 0.4) is 0 Å². The Bertz CT molecular complexity index is 809. The van der Waals surface area contributed by atoms with Gasteiger partial charge in [-0.3, -0.25) is 0 Å². The zero-order valence-corrected chi connectivity index (χ0v) is 15.1. The topological polar surface area (TPSA) is 89.5 Å². The predicted octanol–water partition coefficient (Wildman–Crippen LogP) is 2.25. The van der Waals surface area contributed by atoms with Gasteiger partial charge in [0.1, 0.15) is 18.3 Å². The number of aliphatic hydroxyl groups excluding tert-OH is 1. The van der Waals surface area contributed by atoms with E-state index in [4.69, 9.17) is 25.8 Å². The summed E-state index contributed by atoms with van der Waals surface area (Å²) in [6.45, 7) is 0.640. The van der Waals surface area contributed by atoms with Crippen molar-refractivity contribution >= 4 is 22.8 Å². The van der Waals surface area contributed by atoms with E-state index in [0.717, 1.165) is 30.0 Å². The summed E-state index contributed by atoms with van der Waals surface area (Å²) in [6.07, 6.45) is 4.52. The van der Waals surface area contributed by atoms with Crippen LogP contribution in [0.15, 0.2) is 6.07 Å². The van der Waals surface area contributed by atoms with Crippen LogP contribution < -0.4 is 4.74 Å². The Morgan fingerprint density at radius 3 is 2.88 bits per heavy atom. The second-order valence-corrected chi connectivity index (χ2v) is 7.89. The standard InChI is InChI=1S/C18H22ClN3O4/c19-10-6-12-17(20-11(10)5-4-9-2-1-3-9)22-18(21-12)26-14-8-25-15-13(23)7-24-16(14)15/h6,9,13-16,23H,1-5,7-8H2,(H,20,21,22)/t13-,14-,15-,16-/m1/s1. The van der Waals surface area contributed by atoms with Crippen molar-refractivity contribution in [3.8, 4) is 6.01 Å². The molecule has 2 N–H and O–H groups in total. The van der Waals surface area contributed by atoms with Crippen LogP contribution in [0.25, 0.3) is 11.2 Å². The highest BCUT2D eigenvalue weighted by molar-refractivity contribution is 6.31. The van der Waals surface area contributed by atoms with Gasteiger partial charge < -0.3 is 24.3 Å². The summed E-state index contributed by atoms with van der Waals surface area (Å²) in [5.41, 5.74) is 2.26. The summed E-state index contributed by atoms with van der Waals surface area (Å²) in [5.74, 6) is 0.818. The van der Waals surface area contributed by atoms with Gasteiger partial charge in [0.05, 0.1) is 29.4 Å². The summed E-state index contributed by atoms with van der Waals surface area (Å²) in [6, 6.07) is 2.24. The predicted molar refractivity (Wildman–Crippen MR) is 94.5 cm³/mol. The minimum absolute atomic E-state index is 0.271. The Balaban J connectivity index is 1.31. The van der Waals surface area contributed by atoms with E-state index in [9.17, 15) is 5.11 Å². The number of hydrogen-bond acceptors (Lipinski definition) is 6. The van der Waals surface area contributed by atoms with Crippen LogP contribution in [-0.4, -0.2) is 57.7 Å². The molecule has 4 heterocycles. The number of hydrogen-bond donors (Lipinski definition) is 2. The van der Waals surface area contributed by atoms with Crippen molar-refractivity contribution in [3.63, 3.8) is 0 Å². The molecule has 0 spiro atoms. The number of imidazole rings is 1. The smallest absolute Gasteiger partial charge is 0.296 e. The van der Waals surface area contributed by atoms with Crippen LogP contribution in [0.1, 0.15) is 31.4 Å². The van der Waals surface area contributed by atoms with Gasteiger partial charge in [-0.1, -0.05) is 30.9 Å². The molecular formula is C18H22ClN3O4. The second kappa shape index (κ2) is 6.64. The maximum Gasteiger partial charge on any atom is 0.296 e. The van der Waals surface area contributed by atoms with Crippen molar-refractivity contribution in [2.45, 2.75) is 56.5 Å². The van der Waals surface area contributed by atoms with Gasteiger partial charge in [-0.05, 0) is 24.8 Å². The number of aryl methyl sites for hydroxylation is 1. The first-order valence-electron chi connectivity index (χ1n) is 9.30. The zero-order chi connectivity index (χ0) is 17.7. The number of nitrogens with zero attached hydrogens (tertiary/aromatic N) is 2. The van der Waals surface area contributed by atoms with Gasteiger partial charge in [0, 0.05) is 0 Å². The first kappa shape index (κ1) is 16.7. The summed E-state index contributed by atoms with van der Waals surface area (Å²) in [5, 5.41) is 10.5. The lowest BCUT2D eigenvalue weighted by Gasteiger charge is -2.24. The maximum absolute atomic E-state index is 9.82. The number of pyridine rings is 1. The molecule has 1 aliphatic carbocycles. The number of aromatic amines is 1. The molecule has 0 aromatic carbocycles. The first-order valence-corrected chi connectivity index (χ1v) is 9.68. The van der Waals surface area contributed by atoms with Gasteiger partial charge in [-0.25, -0.2) is 4.98 Å². The zero-order valence-electron chi connectivity index (χ0n) is 14.4. The largest absolute Gasteiger partial charge is 0.456 e. The van der Waals surface area contributed by atoms with Crippen LogP contribution in [0.5, 0.6) is 6.01 Å². The molecule has 2 aromatic rings. The first-order chi connectivity index (χ1) is 12.7. The molecule has 26 heavy (non-hydrogen) atoms. The molecule has 4 atom stereocenters. The Labute approximate surface area is 156 Å². The van der Waals surface area contributed by atoms with Gasteiger partial charge in [-0.2, -0.15) is 4.98 Å². The van der Waals surface area contributed by atoms with Crippen molar-refractivity contribution in [3.05, 3.63) is 16.8 Å². The van der Waals surface area contributed by atoms with Crippen molar-refractivity contribution in [2.24, 2.45) is 5.92 Å². The van der Waals surface area contributed by atoms with Crippen molar-refractivity contribution in [1.82, 2.24) is 15.0 Å². The lowest BCUT2D eigenvalue weighted by Crippen LogP contribution is -2.34. The third kappa shape index (κ3) is 2.97. The number of ether oxygens (including phenoxy) is 3. The van der Waals surface area contributed by atoms with Crippen LogP contribution in [0, 0.1) is 5.92 Å². The van der Waals surface area contributed by atoms with Gasteiger partial charge in [0.15, 0.2) is 11.8 Å². The highest BCUT2D eigenvalue weighted by Crippen LogP contribution is 2.32. The average molecular weight is 380 g/mol. The molecule has 8 heteroatoms. The molecule has 5 rings (SSSR count). The molecule has 0 bridgehead atoms.